The first-order chi connectivity index (χ1) is 9.35. The highest BCUT2D eigenvalue weighted by Crippen LogP contribution is 2.45. The van der Waals surface area contributed by atoms with Crippen LogP contribution in [0.1, 0.15) is 32.3 Å². The van der Waals surface area contributed by atoms with Gasteiger partial charge in [-0.2, -0.15) is 0 Å². The lowest BCUT2D eigenvalue weighted by Crippen LogP contribution is -2.36. The summed E-state index contributed by atoms with van der Waals surface area (Å²) in [5.41, 5.74) is 7.33. The Labute approximate surface area is 118 Å². The van der Waals surface area contributed by atoms with E-state index in [4.69, 9.17) is 15.2 Å². The molecule has 5 nitrogen and oxygen atoms in total. The molecule has 1 fully saturated rings. The standard InChI is InChI=1S/C15H20N2O3/c1-15(2,3)20-14(18)17-7-9-12(8-17)19-11-6-4-5-10(16)13(9)11/h4-6,9,12H,7-8,16H2,1-3H3. The first-order valence-electron chi connectivity index (χ1n) is 6.88. The van der Waals surface area contributed by atoms with Crippen LogP contribution in [0, 0.1) is 0 Å². The predicted molar refractivity (Wildman–Crippen MR) is 75.8 cm³/mol. The van der Waals surface area contributed by atoms with E-state index in [0.717, 1.165) is 17.0 Å². The molecule has 0 spiro atoms. The molecule has 108 valence electrons. The van der Waals surface area contributed by atoms with Crippen LogP contribution in [0.2, 0.25) is 0 Å². The van der Waals surface area contributed by atoms with E-state index < -0.39 is 5.60 Å². The molecule has 1 aromatic rings. The van der Waals surface area contributed by atoms with Gasteiger partial charge in [-0.25, -0.2) is 4.79 Å². The van der Waals surface area contributed by atoms with Crippen LogP contribution in [0.15, 0.2) is 18.2 Å². The fourth-order valence-electron chi connectivity index (χ4n) is 2.87. The number of nitrogen functional groups attached to an aromatic ring is 1. The van der Waals surface area contributed by atoms with Gasteiger partial charge >= 0.3 is 6.09 Å². The molecule has 0 aromatic heterocycles. The summed E-state index contributed by atoms with van der Waals surface area (Å²) in [7, 11) is 0. The molecule has 0 bridgehead atoms. The summed E-state index contributed by atoms with van der Waals surface area (Å²) in [6.07, 6.45) is -0.297. The zero-order valence-corrected chi connectivity index (χ0v) is 12.1. The molecule has 0 aliphatic carbocycles. The Hall–Kier alpha value is -1.91. The molecule has 1 amide bonds. The fraction of sp³-hybridized carbons (Fsp3) is 0.533. The van der Waals surface area contributed by atoms with E-state index in [2.05, 4.69) is 0 Å². The highest BCUT2D eigenvalue weighted by molar-refractivity contribution is 5.70. The van der Waals surface area contributed by atoms with E-state index in [-0.39, 0.29) is 18.1 Å². The molecule has 5 heteroatoms. The zero-order chi connectivity index (χ0) is 14.5. The summed E-state index contributed by atoms with van der Waals surface area (Å²) >= 11 is 0. The van der Waals surface area contributed by atoms with E-state index in [1.54, 1.807) is 4.90 Å². The summed E-state index contributed by atoms with van der Waals surface area (Å²) in [6, 6.07) is 5.70. The number of likely N-dealkylation sites (tertiary alicyclic amines) is 1. The molecule has 2 aliphatic rings. The van der Waals surface area contributed by atoms with Gasteiger partial charge in [-0.3, -0.25) is 0 Å². The monoisotopic (exact) mass is 276 g/mol. The number of ether oxygens (including phenoxy) is 2. The molecule has 2 heterocycles. The molecule has 0 saturated carbocycles. The average molecular weight is 276 g/mol. The lowest BCUT2D eigenvalue weighted by atomic mass is 9.97. The number of hydrogen-bond donors (Lipinski definition) is 1. The van der Waals surface area contributed by atoms with Crippen molar-refractivity contribution in [2.24, 2.45) is 0 Å². The number of fused-ring (bicyclic) bond motifs is 3. The third kappa shape index (κ3) is 2.17. The van der Waals surface area contributed by atoms with Crippen LogP contribution in [0.3, 0.4) is 0 Å². The van der Waals surface area contributed by atoms with Crippen LogP contribution in [0.5, 0.6) is 5.75 Å². The van der Waals surface area contributed by atoms with Crippen LogP contribution in [0.4, 0.5) is 10.5 Å². The number of anilines is 1. The summed E-state index contributed by atoms with van der Waals surface area (Å²) in [5.74, 6) is 1.00. The van der Waals surface area contributed by atoms with Crippen molar-refractivity contribution < 1.29 is 14.3 Å². The number of hydrogen-bond acceptors (Lipinski definition) is 4. The summed E-state index contributed by atoms with van der Waals surface area (Å²) < 4.78 is 11.3. The molecular formula is C15H20N2O3. The van der Waals surface area contributed by atoms with Gasteiger partial charge in [0.1, 0.15) is 17.5 Å². The molecule has 0 radical (unpaired) electrons. The topological polar surface area (TPSA) is 64.8 Å². The van der Waals surface area contributed by atoms with E-state index in [1.807, 2.05) is 39.0 Å². The second-order valence-electron chi connectivity index (χ2n) is 6.41. The summed E-state index contributed by atoms with van der Waals surface area (Å²) in [5, 5.41) is 0. The van der Waals surface area contributed by atoms with Crippen LogP contribution in [-0.4, -0.2) is 35.8 Å². The van der Waals surface area contributed by atoms with E-state index >= 15 is 0 Å². The van der Waals surface area contributed by atoms with Crippen molar-refractivity contribution >= 4 is 11.8 Å². The number of benzene rings is 1. The number of nitrogens with zero attached hydrogens (tertiary/aromatic N) is 1. The molecular weight excluding hydrogens is 256 g/mol. The van der Waals surface area contributed by atoms with Gasteiger partial charge in [0.2, 0.25) is 0 Å². The number of amides is 1. The number of carbonyl (C=O) groups excluding carboxylic acids is 1. The highest BCUT2D eigenvalue weighted by Gasteiger charge is 2.45. The highest BCUT2D eigenvalue weighted by atomic mass is 16.6. The maximum absolute atomic E-state index is 12.1. The van der Waals surface area contributed by atoms with Gasteiger partial charge in [0.15, 0.2) is 0 Å². The van der Waals surface area contributed by atoms with Crippen molar-refractivity contribution in [3.8, 4) is 5.75 Å². The van der Waals surface area contributed by atoms with Gasteiger partial charge in [0.25, 0.3) is 0 Å². The molecule has 20 heavy (non-hydrogen) atoms. The lowest BCUT2D eigenvalue weighted by molar-refractivity contribution is 0.0273. The van der Waals surface area contributed by atoms with Crippen molar-refractivity contribution in [3.05, 3.63) is 23.8 Å². The summed E-state index contributed by atoms with van der Waals surface area (Å²) in [6.45, 7) is 6.75. The van der Waals surface area contributed by atoms with Crippen LogP contribution in [-0.2, 0) is 4.74 Å². The quantitative estimate of drug-likeness (QED) is 0.739. The van der Waals surface area contributed by atoms with E-state index in [9.17, 15) is 4.79 Å². The first kappa shape index (κ1) is 13.1. The van der Waals surface area contributed by atoms with Crippen LogP contribution >= 0.6 is 0 Å². The molecule has 1 saturated heterocycles. The SMILES string of the molecule is CC(C)(C)OC(=O)N1CC2Oc3cccc(N)c3C2C1. The Morgan fingerprint density at radius 2 is 2.15 bits per heavy atom. The van der Waals surface area contributed by atoms with Crippen molar-refractivity contribution in [3.63, 3.8) is 0 Å². The second kappa shape index (κ2) is 4.30. The Bertz CT molecular complexity index is 551. The normalized spacial score (nSPS) is 24.1. The number of nitrogens with two attached hydrogens (primary N) is 1. The largest absolute Gasteiger partial charge is 0.487 e. The molecule has 2 N–H and O–H groups in total. The minimum absolute atomic E-state index is 0.0118. The van der Waals surface area contributed by atoms with Gasteiger partial charge in [-0.15, -0.1) is 0 Å². The van der Waals surface area contributed by atoms with Gasteiger partial charge < -0.3 is 20.1 Å². The molecule has 3 rings (SSSR count). The van der Waals surface area contributed by atoms with E-state index in [0.29, 0.717) is 13.1 Å². The predicted octanol–water partition coefficient (Wildman–Crippen LogP) is 2.36. The molecule has 1 aromatic carbocycles. The number of rotatable bonds is 0. The second-order valence-corrected chi connectivity index (χ2v) is 6.41. The Morgan fingerprint density at radius 1 is 1.40 bits per heavy atom. The minimum atomic E-state index is -0.480. The third-order valence-corrected chi connectivity index (χ3v) is 3.67. The minimum Gasteiger partial charge on any atom is -0.487 e. The van der Waals surface area contributed by atoms with Crippen molar-refractivity contribution in [2.45, 2.75) is 38.4 Å². The van der Waals surface area contributed by atoms with Gasteiger partial charge in [-0.05, 0) is 32.9 Å². The fourth-order valence-corrected chi connectivity index (χ4v) is 2.87. The molecule has 2 aliphatic heterocycles. The third-order valence-electron chi connectivity index (χ3n) is 3.67. The maximum atomic E-state index is 12.1. The number of carbonyl (C=O) groups is 1. The maximum Gasteiger partial charge on any atom is 0.410 e. The van der Waals surface area contributed by atoms with Crippen LogP contribution in [0.25, 0.3) is 0 Å². The zero-order valence-electron chi connectivity index (χ0n) is 12.1. The lowest BCUT2D eigenvalue weighted by Gasteiger charge is -2.24. The Balaban J connectivity index is 1.76. The first-order valence-corrected chi connectivity index (χ1v) is 6.88. The van der Waals surface area contributed by atoms with Crippen molar-refractivity contribution in [2.75, 3.05) is 18.8 Å². The van der Waals surface area contributed by atoms with E-state index in [1.165, 1.54) is 0 Å². The Morgan fingerprint density at radius 3 is 2.85 bits per heavy atom. The van der Waals surface area contributed by atoms with Gasteiger partial charge in [0.05, 0.1) is 6.54 Å². The van der Waals surface area contributed by atoms with Crippen molar-refractivity contribution in [1.82, 2.24) is 4.90 Å². The smallest absolute Gasteiger partial charge is 0.410 e. The average Bonchev–Trinajstić information content (AvgIpc) is 2.83. The summed E-state index contributed by atoms with van der Waals surface area (Å²) in [4.78, 5) is 13.8. The van der Waals surface area contributed by atoms with Gasteiger partial charge in [-0.1, -0.05) is 6.07 Å². The Kier molecular flexibility index (Phi) is 2.81. The van der Waals surface area contributed by atoms with Crippen molar-refractivity contribution in [1.29, 1.82) is 0 Å². The van der Waals surface area contributed by atoms with Crippen LogP contribution < -0.4 is 10.5 Å². The molecule has 2 atom stereocenters. The molecule has 2 unspecified atom stereocenters. The van der Waals surface area contributed by atoms with Gasteiger partial charge in [0, 0.05) is 23.7 Å².